The number of likely N-dealkylation sites (N-methyl/N-ethyl adjacent to an activating group) is 1. The average molecular weight is 182 g/mol. The first kappa shape index (κ1) is 6.57. The summed E-state index contributed by atoms with van der Waals surface area (Å²) < 4.78 is 21.4. The van der Waals surface area contributed by atoms with Crippen LogP contribution < -0.4 is 5.32 Å². The highest BCUT2D eigenvalue weighted by Gasteiger charge is 2.16. The number of rotatable bonds is 4. The van der Waals surface area contributed by atoms with E-state index in [2.05, 4.69) is 5.32 Å². The third-order valence-electron chi connectivity index (χ3n) is 2.15. The summed E-state index contributed by atoms with van der Waals surface area (Å²) in [5.74, 6) is 0. The second-order valence-electron chi connectivity index (χ2n) is 3.01. The average Bonchev–Trinajstić information content (AvgIpc) is 2.25. The van der Waals surface area contributed by atoms with Gasteiger partial charge in [-0.05, 0) is 19.0 Å². The highest BCUT2D eigenvalue weighted by Crippen LogP contribution is 2.17. The van der Waals surface area contributed by atoms with Gasteiger partial charge in [-0.3, -0.25) is 0 Å². The van der Waals surface area contributed by atoms with Crippen LogP contribution in [0.2, 0.25) is 0 Å². The van der Waals surface area contributed by atoms with Crippen LogP contribution in [0.25, 0.3) is 0 Å². The molecule has 0 saturated carbocycles. The molecule has 0 aliphatic rings. The molecular weight excluding hydrogens is 162 g/mol. The summed E-state index contributed by atoms with van der Waals surface area (Å²) in [5.41, 5.74) is 0.728. The molecule has 2 unspecified atom stereocenters. The Bertz CT molecular complexity index is 313. The molecule has 0 aromatic heterocycles. The molecule has 0 amide bonds. The van der Waals surface area contributed by atoms with Gasteiger partial charge in [-0.25, -0.2) is 0 Å². The predicted octanol–water partition coefficient (Wildman–Crippen LogP) is 1.72. The van der Waals surface area contributed by atoms with Crippen molar-refractivity contribution in [2.75, 3.05) is 6.98 Å². The Kier molecular flexibility index (Phi) is 2.53. The lowest BCUT2D eigenvalue weighted by Gasteiger charge is -2.21. The van der Waals surface area contributed by atoms with E-state index in [1.807, 2.05) is 25.1 Å². The first-order valence-electron chi connectivity index (χ1n) is 5.94. The van der Waals surface area contributed by atoms with Crippen molar-refractivity contribution < 1.29 is 9.22 Å². The van der Waals surface area contributed by atoms with Crippen LogP contribution in [0.4, 0.5) is 0 Å². The molecule has 2 atom stereocenters. The molecule has 1 aromatic rings. The summed E-state index contributed by atoms with van der Waals surface area (Å²) in [7, 11) is 0. The Hall–Kier alpha value is -0.860. The predicted molar refractivity (Wildman–Crippen MR) is 54.5 cm³/mol. The second-order valence-corrected chi connectivity index (χ2v) is 3.01. The van der Waals surface area contributed by atoms with Gasteiger partial charge in [-0.15, -0.1) is 0 Å². The lowest BCUT2D eigenvalue weighted by molar-refractivity contribution is 0.130. The van der Waals surface area contributed by atoms with Gasteiger partial charge in [0.2, 0.25) is 0 Å². The van der Waals surface area contributed by atoms with Gasteiger partial charge >= 0.3 is 0 Å². The summed E-state index contributed by atoms with van der Waals surface area (Å²) in [6.07, 6.45) is -0.249. The zero-order chi connectivity index (χ0) is 12.2. The molecule has 2 heteroatoms. The Labute approximate surface area is 83.8 Å². The van der Waals surface area contributed by atoms with Crippen molar-refractivity contribution in [1.29, 1.82) is 0 Å². The summed E-state index contributed by atoms with van der Waals surface area (Å²) in [6.45, 7) is -0.383. The standard InChI is InChI=1S/C11H17NO/c1-3-10(12-2)11(13)9-7-5-4-6-8-9/h4-8,10-13H,3H2,1-2H3/i2D3. The van der Waals surface area contributed by atoms with Gasteiger partial charge in [0.05, 0.1) is 6.10 Å². The maximum Gasteiger partial charge on any atom is 0.0942 e. The van der Waals surface area contributed by atoms with E-state index < -0.39 is 19.1 Å². The number of hydrogen-bond donors (Lipinski definition) is 2. The van der Waals surface area contributed by atoms with Crippen molar-refractivity contribution in [2.45, 2.75) is 25.5 Å². The number of hydrogen-bond acceptors (Lipinski definition) is 2. The summed E-state index contributed by atoms with van der Waals surface area (Å²) >= 11 is 0. The molecule has 1 aromatic carbocycles. The van der Waals surface area contributed by atoms with Gasteiger partial charge in [0.15, 0.2) is 0 Å². The van der Waals surface area contributed by atoms with Crippen LogP contribution in [0.3, 0.4) is 0 Å². The lowest BCUT2D eigenvalue weighted by atomic mass is 10.0. The van der Waals surface area contributed by atoms with E-state index in [-0.39, 0.29) is 0 Å². The smallest absolute Gasteiger partial charge is 0.0942 e. The monoisotopic (exact) mass is 182 g/mol. The van der Waals surface area contributed by atoms with Gasteiger partial charge < -0.3 is 10.4 Å². The Morgan fingerprint density at radius 2 is 2.15 bits per heavy atom. The zero-order valence-corrected chi connectivity index (χ0v) is 7.70. The molecule has 0 aliphatic carbocycles. The van der Waals surface area contributed by atoms with Crippen LogP contribution in [0.1, 0.15) is 29.1 Å². The van der Waals surface area contributed by atoms with Crippen molar-refractivity contribution in [3.05, 3.63) is 35.9 Å². The fourth-order valence-corrected chi connectivity index (χ4v) is 1.29. The van der Waals surface area contributed by atoms with Crippen LogP contribution >= 0.6 is 0 Å². The summed E-state index contributed by atoms with van der Waals surface area (Å²) in [4.78, 5) is 0. The van der Waals surface area contributed by atoms with E-state index in [9.17, 15) is 5.11 Å². The molecule has 0 heterocycles. The topological polar surface area (TPSA) is 32.3 Å². The number of benzene rings is 1. The van der Waals surface area contributed by atoms with E-state index in [1.165, 1.54) is 0 Å². The van der Waals surface area contributed by atoms with E-state index >= 15 is 0 Å². The first-order valence-corrected chi connectivity index (χ1v) is 4.44. The molecule has 0 fully saturated rings. The Morgan fingerprint density at radius 3 is 2.69 bits per heavy atom. The van der Waals surface area contributed by atoms with E-state index in [0.717, 1.165) is 5.56 Å². The highest BCUT2D eigenvalue weighted by atomic mass is 16.3. The third kappa shape index (κ3) is 2.54. The minimum atomic E-state index is -2.23. The summed E-state index contributed by atoms with van der Waals surface area (Å²) in [6, 6.07) is 8.61. The molecule has 2 nitrogen and oxygen atoms in total. The Morgan fingerprint density at radius 1 is 1.46 bits per heavy atom. The minimum absolute atomic E-state index is 0.463. The lowest BCUT2D eigenvalue weighted by Crippen LogP contribution is -2.31. The van der Waals surface area contributed by atoms with Crippen LogP contribution in [-0.2, 0) is 0 Å². The quantitative estimate of drug-likeness (QED) is 0.743. The fourth-order valence-electron chi connectivity index (χ4n) is 1.29. The molecule has 13 heavy (non-hydrogen) atoms. The normalized spacial score (nSPS) is 19.7. The van der Waals surface area contributed by atoms with Crippen molar-refractivity contribution in [3.8, 4) is 0 Å². The molecule has 2 N–H and O–H groups in total. The maximum absolute atomic E-state index is 10.0. The highest BCUT2D eigenvalue weighted by molar-refractivity contribution is 5.18. The molecule has 1 rings (SSSR count). The number of aliphatic hydroxyl groups is 1. The molecule has 0 saturated heterocycles. The largest absolute Gasteiger partial charge is 0.387 e. The van der Waals surface area contributed by atoms with Crippen LogP contribution in [0.15, 0.2) is 30.3 Å². The van der Waals surface area contributed by atoms with Gasteiger partial charge in [0.25, 0.3) is 0 Å². The van der Waals surface area contributed by atoms with Gasteiger partial charge in [0.1, 0.15) is 0 Å². The van der Waals surface area contributed by atoms with Gasteiger partial charge in [-0.1, -0.05) is 37.3 Å². The third-order valence-corrected chi connectivity index (χ3v) is 2.15. The van der Waals surface area contributed by atoms with E-state index in [4.69, 9.17) is 4.11 Å². The minimum Gasteiger partial charge on any atom is -0.387 e. The van der Waals surface area contributed by atoms with Gasteiger partial charge in [0, 0.05) is 10.2 Å². The molecule has 72 valence electrons. The first-order chi connectivity index (χ1) is 7.44. The molecule has 0 aliphatic heterocycles. The van der Waals surface area contributed by atoms with Crippen molar-refractivity contribution in [1.82, 2.24) is 5.32 Å². The van der Waals surface area contributed by atoms with Crippen LogP contribution in [0.5, 0.6) is 0 Å². The van der Waals surface area contributed by atoms with Crippen molar-refractivity contribution >= 4 is 0 Å². The molecule has 0 spiro atoms. The van der Waals surface area contributed by atoms with Gasteiger partial charge in [-0.2, -0.15) is 0 Å². The Balaban J connectivity index is 2.74. The molecule has 0 bridgehead atoms. The van der Waals surface area contributed by atoms with Crippen molar-refractivity contribution in [2.24, 2.45) is 0 Å². The molecular formula is C11H17NO. The fraction of sp³-hybridized carbons (Fsp3) is 0.455. The number of nitrogens with one attached hydrogen (secondary N) is 1. The van der Waals surface area contributed by atoms with E-state index in [1.54, 1.807) is 12.1 Å². The number of aliphatic hydroxyl groups excluding tert-OH is 1. The van der Waals surface area contributed by atoms with Crippen LogP contribution in [-0.4, -0.2) is 18.1 Å². The van der Waals surface area contributed by atoms with Crippen molar-refractivity contribution in [3.63, 3.8) is 0 Å². The zero-order valence-electron chi connectivity index (χ0n) is 10.7. The summed E-state index contributed by atoms with van der Waals surface area (Å²) in [5, 5.41) is 12.5. The SMILES string of the molecule is [2H]C([2H])([2H])NC(CC)C(O)c1ccccc1. The van der Waals surface area contributed by atoms with E-state index in [0.29, 0.717) is 6.42 Å². The molecule has 0 radical (unpaired) electrons. The second kappa shape index (κ2) is 5.00. The maximum atomic E-state index is 10.0. The van der Waals surface area contributed by atoms with Crippen LogP contribution in [0, 0.1) is 0 Å².